The van der Waals surface area contributed by atoms with Gasteiger partial charge in [-0.1, -0.05) is 31.4 Å². The number of unbranched alkanes of at least 4 members (excludes halogenated alkanes) is 2. The SMILES string of the molecule is CCCCCN(c1nc(NCC)ncc1Cl)C(C)C. The minimum atomic E-state index is 0.374. The predicted octanol–water partition coefficient (Wildman–Crippen LogP) is 3.97. The number of aromatic nitrogens is 2. The fraction of sp³-hybridized carbons (Fsp3) is 0.714. The summed E-state index contributed by atoms with van der Waals surface area (Å²) in [6, 6.07) is 0.374. The molecule has 0 saturated carbocycles. The van der Waals surface area contributed by atoms with Crippen molar-refractivity contribution in [2.75, 3.05) is 23.3 Å². The molecule has 0 amide bonds. The van der Waals surface area contributed by atoms with Crippen molar-refractivity contribution in [3.05, 3.63) is 11.2 Å². The van der Waals surface area contributed by atoms with Crippen LogP contribution >= 0.6 is 11.6 Å². The van der Waals surface area contributed by atoms with Crippen LogP contribution in [0, 0.1) is 0 Å². The smallest absolute Gasteiger partial charge is 0.224 e. The molecule has 0 aliphatic rings. The van der Waals surface area contributed by atoms with Gasteiger partial charge in [0.2, 0.25) is 5.95 Å². The molecule has 0 bridgehead atoms. The highest BCUT2D eigenvalue weighted by atomic mass is 35.5. The van der Waals surface area contributed by atoms with Crippen molar-refractivity contribution in [3.63, 3.8) is 0 Å². The van der Waals surface area contributed by atoms with Crippen molar-refractivity contribution in [1.82, 2.24) is 9.97 Å². The molecule has 19 heavy (non-hydrogen) atoms. The van der Waals surface area contributed by atoms with Gasteiger partial charge >= 0.3 is 0 Å². The lowest BCUT2D eigenvalue weighted by molar-refractivity contribution is 0.619. The first kappa shape index (κ1) is 16.0. The predicted molar refractivity (Wildman–Crippen MR) is 83.2 cm³/mol. The summed E-state index contributed by atoms with van der Waals surface area (Å²) in [5.74, 6) is 1.47. The lowest BCUT2D eigenvalue weighted by Crippen LogP contribution is -2.33. The number of anilines is 2. The molecule has 1 aromatic rings. The van der Waals surface area contributed by atoms with Gasteiger partial charge in [-0.3, -0.25) is 0 Å². The molecule has 1 heterocycles. The van der Waals surface area contributed by atoms with E-state index < -0.39 is 0 Å². The zero-order valence-corrected chi connectivity index (χ0v) is 13.2. The van der Waals surface area contributed by atoms with Crippen LogP contribution in [0.1, 0.15) is 47.0 Å². The molecule has 1 rings (SSSR count). The first-order valence-electron chi connectivity index (χ1n) is 7.13. The molecule has 0 fully saturated rings. The largest absolute Gasteiger partial charge is 0.354 e. The molecule has 1 aromatic heterocycles. The highest BCUT2D eigenvalue weighted by Gasteiger charge is 2.16. The van der Waals surface area contributed by atoms with E-state index in [-0.39, 0.29) is 0 Å². The summed E-state index contributed by atoms with van der Waals surface area (Å²) in [4.78, 5) is 11.0. The minimum absolute atomic E-state index is 0.374. The summed E-state index contributed by atoms with van der Waals surface area (Å²) >= 11 is 6.25. The maximum atomic E-state index is 6.25. The molecule has 1 N–H and O–H groups in total. The van der Waals surface area contributed by atoms with E-state index in [4.69, 9.17) is 11.6 Å². The quantitative estimate of drug-likeness (QED) is 0.734. The maximum absolute atomic E-state index is 6.25. The monoisotopic (exact) mass is 284 g/mol. The molecule has 0 aromatic carbocycles. The highest BCUT2D eigenvalue weighted by Crippen LogP contribution is 2.25. The summed E-state index contributed by atoms with van der Waals surface area (Å²) in [6.45, 7) is 10.3. The van der Waals surface area contributed by atoms with Crippen LogP contribution in [0.2, 0.25) is 5.02 Å². The van der Waals surface area contributed by atoms with Gasteiger partial charge in [-0.25, -0.2) is 4.98 Å². The third-order valence-electron chi connectivity index (χ3n) is 2.96. The molecule has 0 radical (unpaired) electrons. The van der Waals surface area contributed by atoms with Gasteiger partial charge in [0, 0.05) is 19.1 Å². The van der Waals surface area contributed by atoms with Crippen molar-refractivity contribution in [1.29, 1.82) is 0 Å². The molecular weight excluding hydrogens is 260 g/mol. The van der Waals surface area contributed by atoms with Crippen LogP contribution in [0.5, 0.6) is 0 Å². The van der Waals surface area contributed by atoms with Crippen LogP contribution in [0.15, 0.2) is 6.20 Å². The molecule has 5 heteroatoms. The number of nitrogens with one attached hydrogen (secondary N) is 1. The Hall–Kier alpha value is -1.03. The van der Waals surface area contributed by atoms with Crippen LogP contribution in [0.25, 0.3) is 0 Å². The molecule has 108 valence electrons. The normalized spacial score (nSPS) is 10.8. The van der Waals surface area contributed by atoms with Crippen molar-refractivity contribution in [3.8, 4) is 0 Å². The number of halogens is 1. The lowest BCUT2D eigenvalue weighted by Gasteiger charge is -2.28. The van der Waals surface area contributed by atoms with Crippen LogP contribution in [-0.2, 0) is 0 Å². The molecule has 0 saturated heterocycles. The minimum Gasteiger partial charge on any atom is -0.354 e. The summed E-state index contributed by atoms with van der Waals surface area (Å²) < 4.78 is 0. The first-order valence-corrected chi connectivity index (χ1v) is 7.51. The van der Waals surface area contributed by atoms with Gasteiger partial charge in [-0.15, -0.1) is 0 Å². The Morgan fingerprint density at radius 1 is 1.32 bits per heavy atom. The van der Waals surface area contributed by atoms with Gasteiger partial charge < -0.3 is 10.2 Å². The van der Waals surface area contributed by atoms with E-state index in [0.29, 0.717) is 17.0 Å². The summed E-state index contributed by atoms with van der Waals surface area (Å²) in [7, 11) is 0. The van der Waals surface area contributed by atoms with Crippen molar-refractivity contribution in [2.45, 2.75) is 53.0 Å². The van der Waals surface area contributed by atoms with Crippen molar-refractivity contribution in [2.24, 2.45) is 0 Å². The van der Waals surface area contributed by atoms with Crippen molar-refractivity contribution < 1.29 is 0 Å². The van der Waals surface area contributed by atoms with Gasteiger partial charge in [0.25, 0.3) is 0 Å². The average molecular weight is 285 g/mol. The molecule has 0 atom stereocenters. The van der Waals surface area contributed by atoms with E-state index in [1.165, 1.54) is 12.8 Å². The third kappa shape index (κ3) is 4.86. The Morgan fingerprint density at radius 2 is 2.05 bits per heavy atom. The second-order valence-corrected chi connectivity index (χ2v) is 5.30. The number of rotatable bonds is 8. The fourth-order valence-electron chi connectivity index (χ4n) is 1.94. The average Bonchev–Trinajstić information content (AvgIpc) is 2.37. The third-order valence-corrected chi connectivity index (χ3v) is 3.23. The van der Waals surface area contributed by atoms with Gasteiger partial charge in [0.05, 0.1) is 6.20 Å². The Kier molecular flexibility index (Phi) is 6.92. The van der Waals surface area contributed by atoms with Crippen LogP contribution in [-0.4, -0.2) is 29.1 Å². The second kappa shape index (κ2) is 8.20. The molecule has 0 aliphatic carbocycles. The highest BCUT2D eigenvalue weighted by molar-refractivity contribution is 6.32. The topological polar surface area (TPSA) is 41.1 Å². The van der Waals surface area contributed by atoms with Gasteiger partial charge in [0.15, 0.2) is 5.82 Å². The van der Waals surface area contributed by atoms with E-state index >= 15 is 0 Å². The van der Waals surface area contributed by atoms with E-state index in [2.05, 4.69) is 41.0 Å². The molecule has 0 unspecified atom stereocenters. The van der Waals surface area contributed by atoms with Gasteiger partial charge in [-0.2, -0.15) is 4.98 Å². The first-order chi connectivity index (χ1) is 9.10. The van der Waals surface area contributed by atoms with Gasteiger partial charge in [-0.05, 0) is 27.2 Å². The Labute approximate surface area is 121 Å². The van der Waals surface area contributed by atoms with Crippen molar-refractivity contribution >= 4 is 23.4 Å². The molecular formula is C14H25ClN4. The molecule has 0 aliphatic heterocycles. The number of hydrogen-bond donors (Lipinski definition) is 1. The maximum Gasteiger partial charge on any atom is 0.224 e. The van der Waals surface area contributed by atoms with Gasteiger partial charge in [0.1, 0.15) is 5.02 Å². The summed E-state index contributed by atoms with van der Waals surface area (Å²) in [5, 5.41) is 3.75. The molecule has 0 spiro atoms. The number of nitrogens with zero attached hydrogens (tertiary/aromatic N) is 3. The van der Waals surface area contributed by atoms with E-state index in [9.17, 15) is 0 Å². The molecule has 4 nitrogen and oxygen atoms in total. The Morgan fingerprint density at radius 3 is 2.63 bits per heavy atom. The lowest BCUT2D eigenvalue weighted by atomic mass is 10.2. The van der Waals surface area contributed by atoms with Crippen LogP contribution < -0.4 is 10.2 Å². The van der Waals surface area contributed by atoms with Crippen LogP contribution in [0.3, 0.4) is 0 Å². The Bertz CT molecular complexity index is 382. The summed E-state index contributed by atoms with van der Waals surface area (Å²) in [6.07, 6.45) is 5.28. The van der Waals surface area contributed by atoms with E-state index in [0.717, 1.165) is 25.3 Å². The fourth-order valence-corrected chi connectivity index (χ4v) is 2.14. The zero-order chi connectivity index (χ0) is 14.3. The standard InChI is InChI=1S/C14H25ClN4/c1-5-7-8-9-19(11(3)4)13-12(15)10-17-14(18-13)16-6-2/h10-11H,5-9H2,1-4H3,(H,16,17,18). The van der Waals surface area contributed by atoms with E-state index in [1.807, 2.05) is 6.92 Å². The van der Waals surface area contributed by atoms with E-state index in [1.54, 1.807) is 6.20 Å². The zero-order valence-electron chi connectivity index (χ0n) is 12.4. The summed E-state index contributed by atoms with van der Waals surface area (Å²) in [5.41, 5.74) is 0. The second-order valence-electron chi connectivity index (χ2n) is 4.89. The van der Waals surface area contributed by atoms with Crippen LogP contribution in [0.4, 0.5) is 11.8 Å². The number of hydrogen-bond acceptors (Lipinski definition) is 4. The Balaban J connectivity index is 2.90.